The van der Waals surface area contributed by atoms with Crippen LogP contribution in [0.25, 0.3) is 0 Å². The van der Waals surface area contributed by atoms with Gasteiger partial charge in [-0.3, -0.25) is 14.3 Å². The Bertz CT molecular complexity index is 758. The first kappa shape index (κ1) is 14.5. The number of hydrogen-bond donors (Lipinski definition) is 1. The third-order valence-electron chi connectivity index (χ3n) is 3.73. The third kappa shape index (κ3) is 3.08. The molecule has 2 aromatic heterocycles. The van der Waals surface area contributed by atoms with E-state index >= 15 is 0 Å². The van der Waals surface area contributed by atoms with Gasteiger partial charge in [-0.1, -0.05) is 0 Å². The molecule has 1 saturated carbocycles. The number of hydrogen-bond acceptors (Lipinski definition) is 4. The molecule has 7 nitrogen and oxygen atoms in total. The molecular formula is C15H19N5O2. The van der Waals surface area contributed by atoms with Crippen molar-refractivity contribution < 1.29 is 4.79 Å². The van der Waals surface area contributed by atoms with Crippen molar-refractivity contribution in [2.45, 2.75) is 32.2 Å². The van der Waals surface area contributed by atoms with Gasteiger partial charge in [0.15, 0.2) is 0 Å². The van der Waals surface area contributed by atoms with Crippen molar-refractivity contribution in [3.63, 3.8) is 0 Å². The average molecular weight is 301 g/mol. The standard InChI is InChI=1S/C15H19N5O2/c1-10-9-13(19(2)17-10)15(22)16-7-8-20-14(21)6-5-12(18-20)11-3-4-11/h5-6,9,11H,3-4,7-8H2,1-2H3,(H,16,22). The van der Waals surface area contributed by atoms with Gasteiger partial charge in [0.25, 0.3) is 11.5 Å². The maximum atomic E-state index is 12.1. The molecule has 1 aliphatic carbocycles. The van der Waals surface area contributed by atoms with Gasteiger partial charge >= 0.3 is 0 Å². The predicted molar refractivity (Wildman–Crippen MR) is 80.8 cm³/mol. The van der Waals surface area contributed by atoms with Crippen LogP contribution in [0.5, 0.6) is 0 Å². The fourth-order valence-corrected chi connectivity index (χ4v) is 2.41. The summed E-state index contributed by atoms with van der Waals surface area (Å²) < 4.78 is 2.96. The highest BCUT2D eigenvalue weighted by Gasteiger charge is 2.25. The van der Waals surface area contributed by atoms with Gasteiger partial charge in [-0.15, -0.1) is 0 Å². The molecule has 0 spiro atoms. The zero-order chi connectivity index (χ0) is 15.7. The zero-order valence-electron chi connectivity index (χ0n) is 12.7. The number of aryl methyl sites for hydroxylation is 2. The Hall–Kier alpha value is -2.44. The molecule has 1 N–H and O–H groups in total. The fourth-order valence-electron chi connectivity index (χ4n) is 2.41. The molecule has 2 aromatic rings. The van der Waals surface area contributed by atoms with Crippen LogP contribution in [0.3, 0.4) is 0 Å². The summed E-state index contributed by atoms with van der Waals surface area (Å²) in [4.78, 5) is 23.9. The van der Waals surface area contributed by atoms with E-state index in [1.807, 2.05) is 6.92 Å². The van der Waals surface area contributed by atoms with Gasteiger partial charge in [-0.25, -0.2) is 4.68 Å². The van der Waals surface area contributed by atoms with Crippen LogP contribution in [0, 0.1) is 6.92 Å². The topological polar surface area (TPSA) is 81.8 Å². The normalized spacial score (nSPS) is 14.1. The van der Waals surface area contributed by atoms with Crippen molar-refractivity contribution in [3.8, 4) is 0 Å². The van der Waals surface area contributed by atoms with E-state index in [2.05, 4.69) is 15.5 Å². The number of carbonyl (C=O) groups is 1. The number of nitrogens with one attached hydrogen (secondary N) is 1. The molecule has 0 bridgehead atoms. The van der Waals surface area contributed by atoms with E-state index in [1.54, 1.807) is 29.9 Å². The van der Waals surface area contributed by atoms with Gasteiger partial charge in [0.05, 0.1) is 17.9 Å². The Labute approximate surface area is 128 Å². The molecule has 2 heterocycles. The van der Waals surface area contributed by atoms with Crippen LogP contribution in [-0.2, 0) is 13.6 Å². The monoisotopic (exact) mass is 301 g/mol. The highest BCUT2D eigenvalue weighted by atomic mass is 16.2. The van der Waals surface area contributed by atoms with Crippen LogP contribution >= 0.6 is 0 Å². The maximum absolute atomic E-state index is 12.1. The molecule has 0 radical (unpaired) electrons. The molecule has 0 atom stereocenters. The largest absolute Gasteiger partial charge is 0.349 e. The lowest BCUT2D eigenvalue weighted by atomic mass is 10.3. The summed E-state index contributed by atoms with van der Waals surface area (Å²) in [5.41, 5.74) is 2.12. The predicted octanol–water partition coefficient (Wildman–Crippen LogP) is 0.593. The van der Waals surface area contributed by atoms with Gasteiger partial charge in [0, 0.05) is 25.6 Å². The van der Waals surface area contributed by atoms with Crippen molar-refractivity contribution in [1.29, 1.82) is 0 Å². The molecule has 3 rings (SSSR count). The minimum atomic E-state index is -0.200. The van der Waals surface area contributed by atoms with E-state index in [0.717, 1.165) is 24.2 Å². The van der Waals surface area contributed by atoms with Crippen LogP contribution in [0.2, 0.25) is 0 Å². The van der Waals surface area contributed by atoms with Crippen molar-refractivity contribution >= 4 is 5.91 Å². The van der Waals surface area contributed by atoms with Crippen molar-refractivity contribution in [2.75, 3.05) is 6.54 Å². The van der Waals surface area contributed by atoms with Crippen molar-refractivity contribution in [2.24, 2.45) is 7.05 Å². The van der Waals surface area contributed by atoms with E-state index in [-0.39, 0.29) is 11.5 Å². The molecule has 0 saturated heterocycles. The number of aromatic nitrogens is 4. The van der Waals surface area contributed by atoms with E-state index in [4.69, 9.17) is 0 Å². The summed E-state index contributed by atoms with van der Waals surface area (Å²) in [5.74, 6) is 0.299. The van der Waals surface area contributed by atoms with Crippen LogP contribution in [0.15, 0.2) is 23.0 Å². The second-order valence-electron chi connectivity index (χ2n) is 5.64. The van der Waals surface area contributed by atoms with Crippen LogP contribution in [-0.4, -0.2) is 32.0 Å². The molecule has 0 aromatic carbocycles. The third-order valence-corrected chi connectivity index (χ3v) is 3.73. The highest BCUT2D eigenvalue weighted by Crippen LogP contribution is 2.38. The van der Waals surface area contributed by atoms with Gasteiger partial charge < -0.3 is 5.32 Å². The molecule has 1 amide bonds. The van der Waals surface area contributed by atoms with Crippen LogP contribution < -0.4 is 10.9 Å². The molecule has 22 heavy (non-hydrogen) atoms. The second kappa shape index (κ2) is 5.75. The summed E-state index contributed by atoms with van der Waals surface area (Å²) in [6.07, 6.45) is 2.28. The summed E-state index contributed by atoms with van der Waals surface area (Å²) >= 11 is 0. The molecule has 116 valence electrons. The molecule has 7 heteroatoms. The van der Waals surface area contributed by atoms with E-state index < -0.39 is 0 Å². The van der Waals surface area contributed by atoms with E-state index in [1.165, 1.54) is 4.68 Å². The summed E-state index contributed by atoms with van der Waals surface area (Å²) in [6.45, 7) is 2.55. The van der Waals surface area contributed by atoms with Gasteiger partial charge in [-0.2, -0.15) is 10.2 Å². The summed E-state index contributed by atoms with van der Waals surface area (Å²) in [6, 6.07) is 5.08. The lowest BCUT2D eigenvalue weighted by Gasteiger charge is -2.08. The number of nitrogens with zero attached hydrogens (tertiary/aromatic N) is 4. The van der Waals surface area contributed by atoms with Gasteiger partial charge in [0.2, 0.25) is 0 Å². The number of carbonyl (C=O) groups excluding carboxylic acids is 1. The zero-order valence-corrected chi connectivity index (χ0v) is 12.7. The second-order valence-corrected chi connectivity index (χ2v) is 5.64. The summed E-state index contributed by atoms with van der Waals surface area (Å²) in [5, 5.41) is 11.3. The van der Waals surface area contributed by atoms with Crippen molar-refractivity contribution in [1.82, 2.24) is 24.9 Å². The smallest absolute Gasteiger partial charge is 0.269 e. The Morgan fingerprint density at radius 3 is 2.77 bits per heavy atom. The van der Waals surface area contributed by atoms with Crippen LogP contribution in [0.4, 0.5) is 0 Å². The number of rotatable bonds is 5. The Kier molecular flexibility index (Phi) is 3.79. The minimum absolute atomic E-state index is 0.143. The summed E-state index contributed by atoms with van der Waals surface area (Å²) in [7, 11) is 1.73. The van der Waals surface area contributed by atoms with Crippen molar-refractivity contribution in [3.05, 3.63) is 45.6 Å². The fraction of sp³-hybridized carbons (Fsp3) is 0.467. The quantitative estimate of drug-likeness (QED) is 0.876. The molecule has 0 aliphatic heterocycles. The van der Waals surface area contributed by atoms with Crippen LogP contribution in [0.1, 0.15) is 40.6 Å². The first-order valence-electron chi connectivity index (χ1n) is 7.41. The molecular weight excluding hydrogens is 282 g/mol. The average Bonchev–Trinajstić information content (AvgIpc) is 3.26. The molecule has 1 aliphatic rings. The molecule has 1 fully saturated rings. The highest BCUT2D eigenvalue weighted by molar-refractivity contribution is 5.92. The minimum Gasteiger partial charge on any atom is -0.349 e. The molecule has 0 unspecified atom stereocenters. The van der Waals surface area contributed by atoms with E-state index in [9.17, 15) is 9.59 Å². The Morgan fingerprint density at radius 1 is 1.36 bits per heavy atom. The van der Waals surface area contributed by atoms with E-state index in [0.29, 0.717) is 24.7 Å². The number of amides is 1. The SMILES string of the molecule is Cc1cc(C(=O)NCCn2nc(C3CC3)ccc2=O)n(C)n1. The first-order chi connectivity index (χ1) is 10.5. The lowest BCUT2D eigenvalue weighted by Crippen LogP contribution is -2.33. The Balaban J connectivity index is 1.61. The van der Waals surface area contributed by atoms with Gasteiger partial charge in [0.1, 0.15) is 5.69 Å². The van der Waals surface area contributed by atoms with Gasteiger partial charge in [-0.05, 0) is 31.9 Å². The lowest BCUT2D eigenvalue weighted by molar-refractivity contribution is 0.0942. The Morgan fingerprint density at radius 2 is 2.14 bits per heavy atom. The first-order valence-corrected chi connectivity index (χ1v) is 7.41. The maximum Gasteiger partial charge on any atom is 0.269 e.